The Morgan fingerprint density at radius 2 is 1.92 bits per heavy atom. The van der Waals surface area contributed by atoms with Gasteiger partial charge in [0, 0.05) is 25.6 Å². The lowest BCUT2D eigenvalue weighted by atomic mass is 10.00. The van der Waals surface area contributed by atoms with Crippen molar-refractivity contribution in [2.45, 2.75) is 31.8 Å². The highest BCUT2D eigenvalue weighted by molar-refractivity contribution is 4.94. The molecule has 2 aliphatic carbocycles. The van der Waals surface area contributed by atoms with E-state index < -0.39 is 0 Å². The molecule has 3 unspecified atom stereocenters. The predicted octanol–water partition coefficient (Wildman–Crippen LogP) is 1.10. The maximum absolute atomic E-state index is 9.74. The first-order valence-electron chi connectivity index (χ1n) is 5.73. The molecule has 2 heteroatoms. The topological polar surface area (TPSA) is 23.5 Å². The van der Waals surface area contributed by atoms with Crippen molar-refractivity contribution in [2.24, 2.45) is 17.8 Å². The van der Waals surface area contributed by atoms with Crippen molar-refractivity contribution in [3.63, 3.8) is 0 Å². The molecular formula is C11H19NO. The molecular weight excluding hydrogens is 162 g/mol. The van der Waals surface area contributed by atoms with Gasteiger partial charge in [-0.3, -0.25) is 0 Å². The van der Waals surface area contributed by atoms with Crippen LogP contribution in [0.15, 0.2) is 0 Å². The standard InChI is InChI=1S/C11H19NO/c13-11-4-3-9-6-12(7-10(9)11)5-8-1-2-8/h8-11,13H,1-7H2. The highest BCUT2D eigenvalue weighted by Gasteiger charge is 2.42. The van der Waals surface area contributed by atoms with Crippen LogP contribution in [0.3, 0.4) is 0 Å². The highest BCUT2D eigenvalue weighted by atomic mass is 16.3. The second-order valence-corrected chi connectivity index (χ2v) is 5.23. The number of aliphatic hydroxyl groups excluding tert-OH is 1. The van der Waals surface area contributed by atoms with Crippen molar-refractivity contribution in [3.8, 4) is 0 Å². The third-order valence-electron chi connectivity index (χ3n) is 4.11. The summed E-state index contributed by atoms with van der Waals surface area (Å²) in [6, 6.07) is 0. The molecule has 1 N–H and O–H groups in total. The molecule has 0 aromatic heterocycles. The largest absolute Gasteiger partial charge is 0.393 e. The van der Waals surface area contributed by atoms with E-state index >= 15 is 0 Å². The molecule has 3 rings (SSSR count). The summed E-state index contributed by atoms with van der Waals surface area (Å²) in [4.78, 5) is 2.59. The average Bonchev–Trinajstić information content (AvgIpc) is 2.71. The molecule has 2 saturated carbocycles. The van der Waals surface area contributed by atoms with Crippen LogP contribution in [-0.2, 0) is 0 Å². The molecule has 2 nitrogen and oxygen atoms in total. The van der Waals surface area contributed by atoms with E-state index in [2.05, 4.69) is 4.90 Å². The maximum Gasteiger partial charge on any atom is 0.0583 e. The summed E-state index contributed by atoms with van der Waals surface area (Å²) < 4.78 is 0. The normalized spacial score (nSPS) is 45.5. The number of fused-ring (bicyclic) bond motifs is 1. The van der Waals surface area contributed by atoms with Crippen LogP contribution in [0.1, 0.15) is 25.7 Å². The molecule has 3 aliphatic rings. The van der Waals surface area contributed by atoms with E-state index in [9.17, 15) is 5.11 Å². The SMILES string of the molecule is OC1CCC2CN(CC3CC3)CC12. The van der Waals surface area contributed by atoms with Gasteiger partial charge in [-0.15, -0.1) is 0 Å². The van der Waals surface area contributed by atoms with Crippen LogP contribution in [0.2, 0.25) is 0 Å². The fourth-order valence-corrected chi connectivity index (χ4v) is 3.14. The van der Waals surface area contributed by atoms with Crippen LogP contribution in [0.25, 0.3) is 0 Å². The summed E-state index contributed by atoms with van der Waals surface area (Å²) in [5, 5.41) is 9.74. The lowest BCUT2D eigenvalue weighted by molar-refractivity contribution is 0.124. The van der Waals surface area contributed by atoms with Gasteiger partial charge >= 0.3 is 0 Å². The monoisotopic (exact) mass is 181 g/mol. The number of hydrogen-bond acceptors (Lipinski definition) is 2. The second kappa shape index (κ2) is 2.96. The summed E-state index contributed by atoms with van der Waals surface area (Å²) in [6.07, 6.45) is 5.26. The van der Waals surface area contributed by atoms with Gasteiger partial charge in [0.25, 0.3) is 0 Å². The molecule has 1 aliphatic heterocycles. The van der Waals surface area contributed by atoms with Crippen LogP contribution < -0.4 is 0 Å². The van der Waals surface area contributed by atoms with Gasteiger partial charge in [0.1, 0.15) is 0 Å². The number of likely N-dealkylation sites (tertiary alicyclic amines) is 1. The number of nitrogens with zero attached hydrogens (tertiary/aromatic N) is 1. The van der Waals surface area contributed by atoms with E-state index in [0.29, 0.717) is 5.92 Å². The molecule has 0 aromatic rings. The van der Waals surface area contributed by atoms with Gasteiger partial charge in [-0.1, -0.05) is 0 Å². The minimum absolute atomic E-state index is 0.0224. The summed E-state index contributed by atoms with van der Waals surface area (Å²) >= 11 is 0. The van der Waals surface area contributed by atoms with Gasteiger partial charge in [0.15, 0.2) is 0 Å². The van der Waals surface area contributed by atoms with E-state index in [1.54, 1.807) is 0 Å². The van der Waals surface area contributed by atoms with Crippen molar-refractivity contribution in [1.82, 2.24) is 4.90 Å². The third kappa shape index (κ3) is 1.50. The first-order valence-corrected chi connectivity index (χ1v) is 5.73. The van der Waals surface area contributed by atoms with Crippen LogP contribution in [0.5, 0.6) is 0 Å². The molecule has 0 bridgehead atoms. The van der Waals surface area contributed by atoms with Crippen LogP contribution >= 0.6 is 0 Å². The van der Waals surface area contributed by atoms with Gasteiger partial charge in [-0.2, -0.15) is 0 Å². The van der Waals surface area contributed by atoms with E-state index in [4.69, 9.17) is 0 Å². The molecule has 0 amide bonds. The molecule has 3 atom stereocenters. The smallest absolute Gasteiger partial charge is 0.0583 e. The van der Waals surface area contributed by atoms with E-state index in [1.807, 2.05) is 0 Å². The van der Waals surface area contributed by atoms with Crippen molar-refractivity contribution in [3.05, 3.63) is 0 Å². The Morgan fingerprint density at radius 3 is 2.62 bits per heavy atom. The predicted molar refractivity (Wildman–Crippen MR) is 51.4 cm³/mol. The molecule has 74 valence electrons. The van der Waals surface area contributed by atoms with Gasteiger partial charge in [0.2, 0.25) is 0 Å². The summed E-state index contributed by atoms with van der Waals surface area (Å²) in [5.41, 5.74) is 0. The fraction of sp³-hybridized carbons (Fsp3) is 1.00. The zero-order valence-electron chi connectivity index (χ0n) is 8.15. The summed E-state index contributed by atoms with van der Waals surface area (Å²) in [7, 11) is 0. The minimum Gasteiger partial charge on any atom is -0.393 e. The Morgan fingerprint density at radius 1 is 1.08 bits per heavy atom. The molecule has 3 fully saturated rings. The lowest BCUT2D eigenvalue weighted by Crippen LogP contribution is -2.26. The Labute approximate surface area is 79.9 Å². The first-order chi connectivity index (χ1) is 6.33. The van der Waals surface area contributed by atoms with E-state index in [1.165, 1.54) is 38.9 Å². The molecule has 0 radical (unpaired) electrons. The zero-order chi connectivity index (χ0) is 8.84. The summed E-state index contributed by atoms with van der Waals surface area (Å²) in [6.45, 7) is 3.78. The maximum atomic E-state index is 9.74. The van der Waals surface area contributed by atoms with Crippen molar-refractivity contribution in [1.29, 1.82) is 0 Å². The van der Waals surface area contributed by atoms with E-state index in [0.717, 1.165) is 18.3 Å². The molecule has 0 aromatic carbocycles. The Hall–Kier alpha value is -0.0800. The van der Waals surface area contributed by atoms with Crippen molar-refractivity contribution in [2.75, 3.05) is 19.6 Å². The molecule has 1 heterocycles. The fourth-order valence-electron chi connectivity index (χ4n) is 3.14. The van der Waals surface area contributed by atoms with Crippen LogP contribution in [0.4, 0.5) is 0 Å². The minimum atomic E-state index is 0.0224. The van der Waals surface area contributed by atoms with Gasteiger partial charge in [-0.05, 0) is 37.5 Å². The second-order valence-electron chi connectivity index (χ2n) is 5.23. The number of aliphatic hydroxyl groups is 1. The van der Waals surface area contributed by atoms with Gasteiger partial charge in [-0.25, -0.2) is 0 Å². The van der Waals surface area contributed by atoms with Crippen LogP contribution in [0, 0.1) is 17.8 Å². The number of hydrogen-bond donors (Lipinski definition) is 1. The van der Waals surface area contributed by atoms with Gasteiger partial charge in [0.05, 0.1) is 6.10 Å². The molecule has 1 saturated heterocycles. The Kier molecular flexibility index (Phi) is 1.88. The van der Waals surface area contributed by atoms with Crippen LogP contribution in [-0.4, -0.2) is 35.7 Å². The summed E-state index contributed by atoms with van der Waals surface area (Å²) in [5.74, 6) is 2.46. The van der Waals surface area contributed by atoms with E-state index in [-0.39, 0.29) is 6.10 Å². The third-order valence-corrected chi connectivity index (χ3v) is 4.11. The quantitative estimate of drug-likeness (QED) is 0.689. The van der Waals surface area contributed by atoms with Crippen molar-refractivity contribution < 1.29 is 5.11 Å². The highest BCUT2D eigenvalue weighted by Crippen LogP contribution is 2.40. The Balaban J connectivity index is 1.58. The zero-order valence-corrected chi connectivity index (χ0v) is 8.15. The molecule has 0 spiro atoms. The Bertz CT molecular complexity index is 202. The first kappa shape index (κ1) is 8.25. The van der Waals surface area contributed by atoms with Crippen molar-refractivity contribution >= 4 is 0 Å². The number of rotatable bonds is 2. The van der Waals surface area contributed by atoms with Gasteiger partial charge < -0.3 is 10.0 Å². The average molecular weight is 181 g/mol. The molecule has 13 heavy (non-hydrogen) atoms. The lowest BCUT2D eigenvalue weighted by Gasteiger charge is -2.17.